The van der Waals surface area contributed by atoms with Crippen LogP contribution in [0.2, 0.25) is 0 Å². The van der Waals surface area contributed by atoms with Crippen LogP contribution in [-0.2, 0) is 17.3 Å². The van der Waals surface area contributed by atoms with E-state index in [1.165, 1.54) is 69.1 Å². The molecule has 0 aliphatic heterocycles. The summed E-state index contributed by atoms with van der Waals surface area (Å²) in [6, 6.07) is 12.6. The number of alkyl halides is 2. The summed E-state index contributed by atoms with van der Waals surface area (Å²) >= 11 is 0. The average molecular weight is 555 g/mol. The quantitative estimate of drug-likeness (QED) is 0.167. The van der Waals surface area contributed by atoms with Gasteiger partial charge in [-0.2, -0.15) is 8.78 Å². The van der Waals surface area contributed by atoms with Gasteiger partial charge in [-0.3, -0.25) is 0 Å². The van der Waals surface area contributed by atoms with Crippen LogP contribution >= 0.6 is 0 Å². The highest BCUT2D eigenvalue weighted by Gasteiger charge is 2.36. The van der Waals surface area contributed by atoms with Crippen LogP contribution in [0.25, 0.3) is 0 Å². The van der Waals surface area contributed by atoms with Gasteiger partial charge in [-0.25, -0.2) is 4.39 Å². The van der Waals surface area contributed by atoms with E-state index >= 15 is 0 Å². The Morgan fingerprint density at radius 3 is 2.02 bits per heavy atom. The normalized spacial score (nSPS) is 23.7. The summed E-state index contributed by atoms with van der Waals surface area (Å²) in [5, 5.41) is 0. The molecule has 4 rings (SSSR count). The molecule has 2 aromatic carbocycles. The molecule has 2 aliphatic rings. The predicted molar refractivity (Wildman–Crippen MR) is 159 cm³/mol. The lowest BCUT2D eigenvalue weighted by Crippen LogP contribution is -2.22. The first-order valence-corrected chi connectivity index (χ1v) is 15.9. The Labute approximate surface area is 240 Å². The molecule has 0 atom stereocenters. The van der Waals surface area contributed by atoms with E-state index in [2.05, 4.69) is 25.6 Å². The maximum Gasteiger partial charge on any atom is 0.386 e. The first kappa shape index (κ1) is 30.9. The van der Waals surface area contributed by atoms with E-state index in [-0.39, 0.29) is 12.5 Å². The summed E-state index contributed by atoms with van der Waals surface area (Å²) in [5.74, 6) is 1.54. The van der Waals surface area contributed by atoms with Gasteiger partial charge in [0, 0.05) is 0 Å². The van der Waals surface area contributed by atoms with Crippen molar-refractivity contribution < 1.29 is 17.9 Å². The fourth-order valence-corrected chi connectivity index (χ4v) is 6.96. The zero-order valence-corrected chi connectivity index (χ0v) is 24.5. The minimum Gasteiger partial charge on any atom is -0.316 e. The molecule has 0 heterocycles. The van der Waals surface area contributed by atoms with Gasteiger partial charge < -0.3 is 4.74 Å². The van der Waals surface area contributed by atoms with Gasteiger partial charge in [0.15, 0.2) is 0 Å². The predicted octanol–water partition coefficient (Wildman–Crippen LogP) is 11.2. The summed E-state index contributed by atoms with van der Waals surface area (Å²) in [5.41, 5.74) is 2.47. The Bertz CT molecular complexity index is 1030. The number of hydrogen-bond donors (Lipinski definition) is 0. The van der Waals surface area contributed by atoms with Gasteiger partial charge in [-0.1, -0.05) is 69.0 Å². The fraction of sp³-hybridized carbons (Fsp3) is 0.611. The van der Waals surface area contributed by atoms with Crippen molar-refractivity contribution in [2.24, 2.45) is 11.8 Å². The second-order valence-corrected chi connectivity index (χ2v) is 12.4. The monoisotopic (exact) mass is 554 g/mol. The third-order valence-corrected chi connectivity index (χ3v) is 9.59. The summed E-state index contributed by atoms with van der Waals surface area (Å²) in [4.78, 5) is 0. The molecule has 0 spiro atoms. The second-order valence-electron chi connectivity index (χ2n) is 12.4. The average Bonchev–Trinajstić information content (AvgIpc) is 2.97. The van der Waals surface area contributed by atoms with Gasteiger partial charge in [0.05, 0.1) is 12.2 Å². The fourth-order valence-electron chi connectivity index (χ4n) is 6.96. The molecule has 2 saturated carbocycles. The third kappa shape index (κ3) is 8.71. The lowest BCUT2D eigenvalue weighted by atomic mass is 9.77. The third-order valence-electron chi connectivity index (χ3n) is 9.59. The molecule has 0 bridgehead atoms. The Balaban J connectivity index is 1.22. The maximum absolute atomic E-state index is 14.8. The molecule has 1 nitrogen and oxygen atoms in total. The van der Waals surface area contributed by atoms with Crippen molar-refractivity contribution in [2.45, 2.75) is 121 Å². The second kappa shape index (κ2) is 15.2. The SMILES string of the molecule is C=CCCC1CCC(c2ccc(C(F)(F)OCCc3ccc(C4CCC(CCCCC)CC4)cc3)c(F)c2)CC1. The smallest absolute Gasteiger partial charge is 0.316 e. The van der Waals surface area contributed by atoms with Gasteiger partial charge in [0.1, 0.15) is 5.82 Å². The highest BCUT2D eigenvalue weighted by atomic mass is 19.3. The molecule has 40 heavy (non-hydrogen) atoms. The zero-order chi connectivity index (χ0) is 28.4. The maximum atomic E-state index is 14.8. The topological polar surface area (TPSA) is 9.23 Å². The van der Waals surface area contributed by atoms with Crippen LogP contribution in [0.5, 0.6) is 0 Å². The lowest BCUT2D eigenvalue weighted by Gasteiger charge is -2.29. The highest BCUT2D eigenvalue weighted by molar-refractivity contribution is 5.29. The number of halogens is 3. The van der Waals surface area contributed by atoms with Crippen molar-refractivity contribution in [3.05, 3.63) is 83.2 Å². The summed E-state index contributed by atoms with van der Waals surface area (Å²) in [6.07, 6.45) is 15.5. The molecule has 2 fully saturated rings. The number of allylic oxidation sites excluding steroid dienone is 1. The molecule has 220 valence electrons. The minimum atomic E-state index is -3.65. The largest absolute Gasteiger partial charge is 0.386 e. The molecule has 0 saturated heterocycles. The molecular formula is C36H49F3O. The van der Waals surface area contributed by atoms with E-state index < -0.39 is 17.5 Å². The Kier molecular flexibility index (Phi) is 11.8. The van der Waals surface area contributed by atoms with E-state index in [0.29, 0.717) is 18.3 Å². The molecule has 4 heteroatoms. The number of hydrogen-bond acceptors (Lipinski definition) is 1. The molecule has 2 aromatic rings. The van der Waals surface area contributed by atoms with Gasteiger partial charge >= 0.3 is 6.11 Å². The Morgan fingerprint density at radius 1 is 0.825 bits per heavy atom. The van der Waals surface area contributed by atoms with Crippen molar-refractivity contribution in [1.29, 1.82) is 0 Å². The van der Waals surface area contributed by atoms with Gasteiger partial charge in [-0.15, -0.1) is 6.58 Å². The Hall–Kier alpha value is -2.07. The van der Waals surface area contributed by atoms with Crippen LogP contribution in [0.15, 0.2) is 55.1 Å². The molecule has 2 aliphatic carbocycles. The summed E-state index contributed by atoms with van der Waals surface area (Å²) in [6.45, 7) is 5.89. The van der Waals surface area contributed by atoms with Crippen LogP contribution in [-0.4, -0.2) is 6.61 Å². The molecule has 0 amide bonds. The van der Waals surface area contributed by atoms with E-state index in [4.69, 9.17) is 4.74 Å². The number of rotatable bonds is 14. The zero-order valence-electron chi connectivity index (χ0n) is 24.5. The van der Waals surface area contributed by atoms with Gasteiger partial charge in [-0.05, 0) is 123 Å². The van der Waals surface area contributed by atoms with E-state index in [1.54, 1.807) is 6.07 Å². The van der Waals surface area contributed by atoms with Crippen LogP contribution in [0.4, 0.5) is 13.2 Å². The molecule has 0 radical (unpaired) electrons. The van der Waals surface area contributed by atoms with Crippen molar-refractivity contribution >= 4 is 0 Å². The summed E-state index contributed by atoms with van der Waals surface area (Å²) < 4.78 is 49.5. The van der Waals surface area contributed by atoms with E-state index in [9.17, 15) is 13.2 Å². The van der Waals surface area contributed by atoms with E-state index in [0.717, 1.165) is 55.6 Å². The number of unbranched alkanes of at least 4 members (excludes halogenated alkanes) is 2. The van der Waals surface area contributed by atoms with Crippen LogP contribution in [0.3, 0.4) is 0 Å². The molecule has 0 N–H and O–H groups in total. The van der Waals surface area contributed by atoms with Crippen molar-refractivity contribution in [2.75, 3.05) is 6.61 Å². The van der Waals surface area contributed by atoms with E-state index in [1.807, 2.05) is 18.2 Å². The minimum absolute atomic E-state index is 0.162. The van der Waals surface area contributed by atoms with Crippen LogP contribution < -0.4 is 0 Å². The van der Waals surface area contributed by atoms with Crippen LogP contribution in [0, 0.1) is 17.7 Å². The first-order chi connectivity index (χ1) is 19.4. The van der Waals surface area contributed by atoms with Crippen LogP contribution in [0.1, 0.15) is 131 Å². The van der Waals surface area contributed by atoms with Gasteiger partial charge in [0.25, 0.3) is 0 Å². The molecule has 0 unspecified atom stereocenters. The number of ether oxygens (including phenoxy) is 1. The summed E-state index contributed by atoms with van der Waals surface area (Å²) in [7, 11) is 0. The van der Waals surface area contributed by atoms with Gasteiger partial charge in [0.2, 0.25) is 0 Å². The van der Waals surface area contributed by atoms with Crippen molar-refractivity contribution in [3.63, 3.8) is 0 Å². The Morgan fingerprint density at radius 2 is 1.43 bits per heavy atom. The molecule has 0 aromatic heterocycles. The van der Waals surface area contributed by atoms with Crippen molar-refractivity contribution in [1.82, 2.24) is 0 Å². The van der Waals surface area contributed by atoms with Crippen molar-refractivity contribution in [3.8, 4) is 0 Å². The first-order valence-electron chi connectivity index (χ1n) is 15.9. The highest BCUT2D eigenvalue weighted by Crippen LogP contribution is 2.40. The number of benzene rings is 2. The standard InChI is InChI=1S/C36H49F3O/c1-3-5-7-9-28-10-16-30(17-11-28)31-18-14-29(15-19-31)24-25-40-36(38,39)34-23-22-33(26-35(34)37)32-20-12-27(13-21-32)8-6-4-2/h4,14-15,18-19,22-23,26-28,30,32H,2-3,5-13,16-17,20-21,24-25H2,1H3. The molecular weight excluding hydrogens is 505 g/mol. The lowest BCUT2D eigenvalue weighted by molar-refractivity contribution is -0.249.